The van der Waals surface area contributed by atoms with Crippen molar-refractivity contribution in [2.45, 2.75) is 0 Å². The summed E-state index contributed by atoms with van der Waals surface area (Å²) in [6.45, 7) is 0. The Labute approximate surface area is 139 Å². The molecule has 0 fully saturated rings. The normalized spacial score (nSPS) is 9.50. The van der Waals surface area contributed by atoms with Crippen molar-refractivity contribution in [2.24, 2.45) is 5.73 Å². The highest BCUT2D eigenvalue weighted by Crippen LogP contribution is 2.39. The molecule has 2 N–H and O–H groups in total. The number of methoxy groups -OCH3 is 2. The molecule has 24 heavy (non-hydrogen) atoms. The van der Waals surface area contributed by atoms with E-state index in [9.17, 15) is 4.79 Å². The van der Waals surface area contributed by atoms with E-state index in [1.165, 1.54) is 26.4 Å². The number of nitrogens with zero attached hydrogens (tertiary/aromatic N) is 3. The molecule has 0 saturated heterocycles. The summed E-state index contributed by atoms with van der Waals surface area (Å²) in [6, 6.07) is 12.4. The van der Waals surface area contributed by atoms with Gasteiger partial charge in [-0.05, 0) is 36.4 Å². The predicted molar refractivity (Wildman–Crippen MR) is 87.1 cm³/mol. The molecule has 120 valence electrons. The molecular formula is C17H14N4O3. The van der Waals surface area contributed by atoms with E-state index < -0.39 is 6.03 Å². The summed E-state index contributed by atoms with van der Waals surface area (Å²) >= 11 is 0. The van der Waals surface area contributed by atoms with Gasteiger partial charge in [0.1, 0.15) is 11.5 Å². The van der Waals surface area contributed by atoms with Crippen LogP contribution in [0.3, 0.4) is 0 Å². The Bertz CT molecular complexity index is 800. The lowest BCUT2D eigenvalue weighted by Gasteiger charge is -2.24. The van der Waals surface area contributed by atoms with Crippen molar-refractivity contribution in [3.63, 3.8) is 0 Å². The van der Waals surface area contributed by atoms with Gasteiger partial charge in [-0.1, -0.05) is 0 Å². The number of carbonyl (C=O) groups is 1. The Kier molecular flexibility index (Phi) is 4.88. The first kappa shape index (κ1) is 16.7. The van der Waals surface area contributed by atoms with Gasteiger partial charge in [0.05, 0.1) is 48.9 Å². The van der Waals surface area contributed by atoms with Gasteiger partial charge in [-0.2, -0.15) is 10.5 Å². The highest BCUT2D eigenvalue weighted by molar-refractivity contribution is 6.01. The van der Waals surface area contributed by atoms with Crippen LogP contribution in [-0.4, -0.2) is 20.3 Å². The Morgan fingerprint density at radius 1 is 0.958 bits per heavy atom. The van der Waals surface area contributed by atoms with E-state index in [2.05, 4.69) is 0 Å². The fraction of sp³-hybridized carbons (Fsp3) is 0.118. The number of hydrogen-bond acceptors (Lipinski definition) is 5. The summed E-state index contributed by atoms with van der Waals surface area (Å²) in [6.07, 6.45) is 0. The zero-order valence-electron chi connectivity index (χ0n) is 13.1. The van der Waals surface area contributed by atoms with Gasteiger partial charge in [-0.15, -0.1) is 0 Å². The number of carbonyl (C=O) groups excluding carboxylic acids is 1. The number of rotatable bonds is 4. The number of anilines is 2. The third-order valence-corrected chi connectivity index (χ3v) is 3.32. The topological polar surface area (TPSA) is 112 Å². The van der Waals surface area contributed by atoms with Crippen molar-refractivity contribution >= 4 is 17.4 Å². The van der Waals surface area contributed by atoms with Gasteiger partial charge < -0.3 is 15.2 Å². The fourth-order valence-electron chi connectivity index (χ4n) is 2.24. The number of ether oxygens (including phenoxy) is 2. The Morgan fingerprint density at radius 3 is 1.67 bits per heavy atom. The van der Waals surface area contributed by atoms with Crippen LogP contribution in [-0.2, 0) is 0 Å². The minimum Gasteiger partial charge on any atom is -0.495 e. The molecule has 0 aliphatic carbocycles. The van der Waals surface area contributed by atoms with E-state index in [0.29, 0.717) is 22.6 Å². The lowest BCUT2D eigenvalue weighted by atomic mass is 10.1. The van der Waals surface area contributed by atoms with Gasteiger partial charge in [-0.3, -0.25) is 4.90 Å². The molecule has 7 heteroatoms. The number of hydrogen-bond donors (Lipinski definition) is 1. The van der Waals surface area contributed by atoms with Crippen molar-refractivity contribution in [3.05, 3.63) is 47.5 Å². The third-order valence-electron chi connectivity index (χ3n) is 3.32. The second kappa shape index (κ2) is 7.03. The summed E-state index contributed by atoms with van der Waals surface area (Å²) in [5.41, 5.74) is 6.74. The molecule has 0 aliphatic heterocycles. The molecule has 0 saturated carbocycles. The maximum atomic E-state index is 12.1. The molecule has 0 heterocycles. The lowest BCUT2D eigenvalue weighted by molar-refractivity contribution is 0.255. The van der Waals surface area contributed by atoms with Crippen LogP contribution in [0.1, 0.15) is 11.1 Å². The summed E-state index contributed by atoms with van der Waals surface area (Å²) in [5, 5.41) is 18.2. The summed E-state index contributed by atoms with van der Waals surface area (Å²) < 4.78 is 10.5. The molecule has 0 radical (unpaired) electrons. The largest absolute Gasteiger partial charge is 0.495 e. The molecule has 7 nitrogen and oxygen atoms in total. The first-order valence-corrected chi connectivity index (χ1v) is 6.81. The lowest BCUT2D eigenvalue weighted by Crippen LogP contribution is -2.32. The highest BCUT2D eigenvalue weighted by Gasteiger charge is 2.23. The van der Waals surface area contributed by atoms with E-state index >= 15 is 0 Å². The molecule has 2 amide bonds. The van der Waals surface area contributed by atoms with Crippen LogP contribution in [0, 0.1) is 22.7 Å². The van der Waals surface area contributed by atoms with Crippen LogP contribution in [0.2, 0.25) is 0 Å². The number of amides is 2. The molecule has 0 unspecified atom stereocenters. The zero-order valence-corrected chi connectivity index (χ0v) is 13.1. The molecule has 2 aromatic carbocycles. The fourth-order valence-corrected chi connectivity index (χ4v) is 2.24. The van der Waals surface area contributed by atoms with E-state index in [1.807, 2.05) is 12.1 Å². The van der Waals surface area contributed by atoms with Crippen LogP contribution in [0.4, 0.5) is 16.2 Å². The first-order valence-electron chi connectivity index (χ1n) is 6.81. The number of primary amides is 1. The Hall–Kier alpha value is -3.71. The van der Waals surface area contributed by atoms with E-state index in [-0.39, 0.29) is 11.4 Å². The average Bonchev–Trinajstić information content (AvgIpc) is 2.61. The van der Waals surface area contributed by atoms with Gasteiger partial charge in [0.25, 0.3) is 0 Å². The standard InChI is InChI=1S/C17H14N4O3/c1-23-15-5-3-11(9-18)7-13(15)21(17(20)22)14-8-12(10-19)4-6-16(14)24-2/h3-8H,1-2H3,(H2,20,22). The second-order valence-corrected chi connectivity index (χ2v) is 4.67. The second-order valence-electron chi connectivity index (χ2n) is 4.67. The summed E-state index contributed by atoms with van der Waals surface area (Å²) in [7, 11) is 2.87. The number of nitrogens with two attached hydrogens (primary N) is 1. The maximum absolute atomic E-state index is 12.1. The SMILES string of the molecule is COc1ccc(C#N)cc1N(C(N)=O)c1cc(C#N)ccc1OC. The summed E-state index contributed by atoms with van der Waals surface area (Å²) in [5.74, 6) is 0.689. The van der Waals surface area contributed by atoms with Crippen LogP contribution in [0.15, 0.2) is 36.4 Å². The molecule has 0 bridgehead atoms. The Morgan fingerprint density at radius 2 is 1.38 bits per heavy atom. The van der Waals surface area contributed by atoms with Crippen molar-refractivity contribution in [1.29, 1.82) is 10.5 Å². The molecular weight excluding hydrogens is 308 g/mol. The van der Waals surface area contributed by atoms with Crippen LogP contribution >= 0.6 is 0 Å². The van der Waals surface area contributed by atoms with Gasteiger partial charge in [0, 0.05) is 0 Å². The van der Waals surface area contributed by atoms with Crippen LogP contribution < -0.4 is 20.1 Å². The molecule has 2 aromatic rings. The summed E-state index contributed by atoms with van der Waals surface area (Å²) in [4.78, 5) is 13.2. The minimum atomic E-state index is -0.809. The highest BCUT2D eigenvalue weighted by atomic mass is 16.5. The quantitative estimate of drug-likeness (QED) is 0.929. The van der Waals surface area contributed by atoms with E-state index in [0.717, 1.165) is 4.90 Å². The predicted octanol–water partition coefficient (Wildman–Crippen LogP) is 2.66. The van der Waals surface area contributed by atoms with Gasteiger partial charge in [0.2, 0.25) is 0 Å². The van der Waals surface area contributed by atoms with E-state index in [4.69, 9.17) is 25.7 Å². The van der Waals surface area contributed by atoms with Gasteiger partial charge in [0.15, 0.2) is 0 Å². The van der Waals surface area contributed by atoms with Gasteiger partial charge >= 0.3 is 6.03 Å². The van der Waals surface area contributed by atoms with Crippen molar-refractivity contribution < 1.29 is 14.3 Å². The molecule has 0 aliphatic rings. The average molecular weight is 322 g/mol. The Balaban J connectivity index is 2.75. The molecule has 0 atom stereocenters. The first-order chi connectivity index (χ1) is 11.5. The number of urea groups is 1. The zero-order chi connectivity index (χ0) is 17.7. The smallest absolute Gasteiger partial charge is 0.324 e. The van der Waals surface area contributed by atoms with Crippen molar-refractivity contribution in [2.75, 3.05) is 19.1 Å². The minimum absolute atomic E-state index is 0.275. The maximum Gasteiger partial charge on any atom is 0.324 e. The number of nitriles is 2. The van der Waals surface area contributed by atoms with Crippen LogP contribution in [0.25, 0.3) is 0 Å². The monoisotopic (exact) mass is 322 g/mol. The number of benzene rings is 2. The third kappa shape index (κ3) is 3.06. The van der Waals surface area contributed by atoms with E-state index in [1.54, 1.807) is 24.3 Å². The van der Waals surface area contributed by atoms with Crippen molar-refractivity contribution in [3.8, 4) is 23.6 Å². The molecule has 2 rings (SSSR count). The van der Waals surface area contributed by atoms with Crippen LogP contribution in [0.5, 0.6) is 11.5 Å². The molecule has 0 aromatic heterocycles. The molecule has 0 spiro atoms. The van der Waals surface area contributed by atoms with Crippen molar-refractivity contribution in [1.82, 2.24) is 0 Å². The van der Waals surface area contributed by atoms with Gasteiger partial charge in [-0.25, -0.2) is 4.79 Å².